The summed E-state index contributed by atoms with van der Waals surface area (Å²) in [5.41, 5.74) is 3.27. The van der Waals surface area contributed by atoms with E-state index in [0.29, 0.717) is 30.6 Å². The summed E-state index contributed by atoms with van der Waals surface area (Å²) in [6.07, 6.45) is 0.952. The molecule has 7 nitrogen and oxygen atoms in total. The van der Waals surface area contributed by atoms with Gasteiger partial charge in [-0.3, -0.25) is 0 Å². The summed E-state index contributed by atoms with van der Waals surface area (Å²) in [6.45, 7) is 5.87. The highest BCUT2D eigenvalue weighted by Gasteiger charge is 2.16. The van der Waals surface area contributed by atoms with Gasteiger partial charge in [-0.15, -0.1) is 0 Å². The zero-order valence-electron chi connectivity index (χ0n) is 16.3. The summed E-state index contributed by atoms with van der Waals surface area (Å²) in [7, 11) is 1.64. The molecule has 3 aromatic rings. The van der Waals surface area contributed by atoms with Crippen molar-refractivity contribution in [1.29, 1.82) is 0 Å². The van der Waals surface area contributed by atoms with Crippen molar-refractivity contribution in [3.63, 3.8) is 0 Å². The number of anilines is 1. The molecule has 0 fully saturated rings. The van der Waals surface area contributed by atoms with E-state index in [1.165, 1.54) is 5.56 Å². The van der Waals surface area contributed by atoms with Crippen LogP contribution in [-0.2, 0) is 19.7 Å². The molecule has 0 amide bonds. The van der Waals surface area contributed by atoms with Gasteiger partial charge in [0, 0.05) is 23.1 Å². The van der Waals surface area contributed by atoms with Gasteiger partial charge < -0.3 is 14.8 Å². The van der Waals surface area contributed by atoms with E-state index in [0.717, 1.165) is 28.6 Å². The van der Waals surface area contributed by atoms with Crippen LogP contribution in [0.2, 0.25) is 0 Å². The van der Waals surface area contributed by atoms with Crippen molar-refractivity contribution in [3.8, 4) is 11.5 Å². The first-order valence-electron chi connectivity index (χ1n) is 9.16. The second kappa shape index (κ2) is 9.54. The van der Waals surface area contributed by atoms with Gasteiger partial charge >= 0.3 is 0 Å². The molecule has 28 heavy (non-hydrogen) atoms. The minimum atomic E-state index is 0.458. The van der Waals surface area contributed by atoms with Gasteiger partial charge in [0.15, 0.2) is 11.5 Å². The van der Waals surface area contributed by atoms with E-state index in [1.807, 2.05) is 24.3 Å². The molecule has 0 atom stereocenters. The molecule has 1 N–H and O–H groups in total. The van der Waals surface area contributed by atoms with Crippen LogP contribution >= 0.6 is 15.9 Å². The highest BCUT2D eigenvalue weighted by atomic mass is 79.9. The van der Waals surface area contributed by atoms with Gasteiger partial charge in [0.25, 0.3) is 0 Å². The highest BCUT2D eigenvalue weighted by molar-refractivity contribution is 9.10. The Balaban J connectivity index is 1.83. The van der Waals surface area contributed by atoms with Crippen LogP contribution in [0.4, 0.5) is 5.95 Å². The van der Waals surface area contributed by atoms with E-state index < -0.39 is 0 Å². The van der Waals surface area contributed by atoms with Crippen molar-refractivity contribution < 1.29 is 9.47 Å². The summed E-state index contributed by atoms with van der Waals surface area (Å²) in [5, 5.41) is 15.1. The molecule has 0 aliphatic heterocycles. The maximum Gasteiger partial charge on any atom is 0.243 e. The first kappa shape index (κ1) is 20.1. The summed E-state index contributed by atoms with van der Waals surface area (Å²) in [4.78, 5) is 0. The predicted octanol–water partition coefficient (Wildman–Crippen LogP) is 4.35. The molecule has 3 rings (SSSR count). The lowest BCUT2D eigenvalue weighted by Crippen LogP contribution is -2.11. The minimum absolute atomic E-state index is 0.458. The molecule has 0 bridgehead atoms. The fourth-order valence-electron chi connectivity index (χ4n) is 2.85. The van der Waals surface area contributed by atoms with E-state index in [2.05, 4.69) is 62.8 Å². The van der Waals surface area contributed by atoms with E-state index in [1.54, 1.807) is 11.8 Å². The monoisotopic (exact) mass is 445 g/mol. The van der Waals surface area contributed by atoms with Crippen LogP contribution in [0.1, 0.15) is 30.0 Å². The standard InChI is InChI=1S/C20H24BrN5O2/c1-4-11-26-20(23-24-25-26)22-12-16-17(21)9-10-18(27-3)19(16)28-13-15-8-6-5-7-14(15)2/h5-10H,4,11-13H2,1-3H3,(H,22,23,25). The third-order valence-electron chi connectivity index (χ3n) is 4.41. The van der Waals surface area contributed by atoms with Crippen LogP contribution < -0.4 is 14.8 Å². The van der Waals surface area contributed by atoms with Crippen molar-refractivity contribution in [2.75, 3.05) is 12.4 Å². The number of nitrogens with zero attached hydrogens (tertiary/aromatic N) is 4. The van der Waals surface area contributed by atoms with Gasteiger partial charge in [0.2, 0.25) is 5.95 Å². The Labute approximate surface area is 173 Å². The molecule has 0 unspecified atom stereocenters. The summed E-state index contributed by atoms with van der Waals surface area (Å²) in [5.74, 6) is 2.00. The molecule has 0 aliphatic carbocycles. The SMILES string of the molecule is CCCn1nnnc1NCc1c(Br)ccc(OC)c1OCc1ccccc1C. The molecule has 0 saturated carbocycles. The third kappa shape index (κ3) is 4.62. The number of ether oxygens (including phenoxy) is 2. The normalized spacial score (nSPS) is 10.7. The first-order chi connectivity index (χ1) is 13.6. The average Bonchev–Trinajstić information content (AvgIpc) is 3.14. The van der Waals surface area contributed by atoms with Crippen LogP contribution in [0, 0.1) is 6.92 Å². The Hall–Kier alpha value is -2.61. The van der Waals surface area contributed by atoms with Crippen LogP contribution in [0.15, 0.2) is 40.9 Å². The van der Waals surface area contributed by atoms with Gasteiger partial charge in [0.05, 0.1) is 7.11 Å². The van der Waals surface area contributed by atoms with Gasteiger partial charge in [-0.1, -0.05) is 52.2 Å². The van der Waals surface area contributed by atoms with Crippen molar-refractivity contribution in [1.82, 2.24) is 20.2 Å². The van der Waals surface area contributed by atoms with Crippen LogP contribution in [0.5, 0.6) is 11.5 Å². The molecule has 0 radical (unpaired) electrons. The van der Waals surface area contributed by atoms with Crippen LogP contribution in [0.25, 0.3) is 0 Å². The number of methoxy groups -OCH3 is 1. The Kier molecular flexibility index (Phi) is 6.86. The van der Waals surface area contributed by atoms with Gasteiger partial charge in [0.1, 0.15) is 6.61 Å². The first-order valence-corrected chi connectivity index (χ1v) is 9.96. The third-order valence-corrected chi connectivity index (χ3v) is 5.15. The van der Waals surface area contributed by atoms with E-state index >= 15 is 0 Å². The molecular formula is C20H24BrN5O2. The van der Waals surface area contributed by atoms with Crippen molar-refractivity contribution in [2.45, 2.75) is 40.0 Å². The van der Waals surface area contributed by atoms with Crippen molar-refractivity contribution in [3.05, 3.63) is 57.6 Å². The van der Waals surface area contributed by atoms with E-state index in [9.17, 15) is 0 Å². The summed E-state index contributed by atoms with van der Waals surface area (Å²) in [6, 6.07) is 12.0. The van der Waals surface area contributed by atoms with Gasteiger partial charge in [-0.05, 0) is 47.0 Å². The number of halogens is 1. The second-order valence-corrected chi connectivity index (χ2v) is 7.21. The Bertz CT molecular complexity index is 929. The number of benzene rings is 2. The lowest BCUT2D eigenvalue weighted by Gasteiger charge is -2.18. The van der Waals surface area contributed by atoms with E-state index in [4.69, 9.17) is 9.47 Å². The summed E-state index contributed by atoms with van der Waals surface area (Å²) < 4.78 is 14.4. The number of nitrogens with one attached hydrogen (secondary N) is 1. The number of tetrazole rings is 1. The second-order valence-electron chi connectivity index (χ2n) is 6.35. The van der Waals surface area contributed by atoms with Crippen molar-refractivity contribution >= 4 is 21.9 Å². The number of aryl methyl sites for hydroxylation is 2. The highest BCUT2D eigenvalue weighted by Crippen LogP contribution is 2.37. The number of hydrogen-bond donors (Lipinski definition) is 1. The molecule has 0 aliphatic rings. The van der Waals surface area contributed by atoms with E-state index in [-0.39, 0.29) is 0 Å². The number of aromatic nitrogens is 4. The van der Waals surface area contributed by atoms with Gasteiger partial charge in [-0.25, -0.2) is 4.68 Å². The maximum atomic E-state index is 6.20. The molecule has 2 aromatic carbocycles. The topological polar surface area (TPSA) is 74.1 Å². The molecule has 0 saturated heterocycles. The average molecular weight is 446 g/mol. The Morgan fingerprint density at radius 2 is 2.00 bits per heavy atom. The van der Waals surface area contributed by atoms with Crippen molar-refractivity contribution in [2.24, 2.45) is 0 Å². The minimum Gasteiger partial charge on any atom is -0.493 e. The smallest absolute Gasteiger partial charge is 0.243 e. The molecule has 1 aromatic heterocycles. The lowest BCUT2D eigenvalue weighted by atomic mass is 10.1. The molecule has 1 heterocycles. The molecular weight excluding hydrogens is 422 g/mol. The zero-order chi connectivity index (χ0) is 19.9. The van der Waals surface area contributed by atoms with Gasteiger partial charge in [-0.2, -0.15) is 0 Å². The number of rotatable bonds is 9. The zero-order valence-corrected chi connectivity index (χ0v) is 17.9. The largest absolute Gasteiger partial charge is 0.493 e. The van der Waals surface area contributed by atoms with Crippen LogP contribution in [-0.4, -0.2) is 27.3 Å². The fraction of sp³-hybridized carbons (Fsp3) is 0.350. The Morgan fingerprint density at radius 1 is 1.18 bits per heavy atom. The molecule has 8 heteroatoms. The lowest BCUT2D eigenvalue weighted by molar-refractivity contribution is 0.281. The number of hydrogen-bond acceptors (Lipinski definition) is 6. The fourth-order valence-corrected chi connectivity index (χ4v) is 3.30. The molecule has 0 spiro atoms. The molecule has 148 valence electrons. The summed E-state index contributed by atoms with van der Waals surface area (Å²) >= 11 is 3.63. The predicted molar refractivity (Wildman–Crippen MR) is 112 cm³/mol. The quantitative estimate of drug-likeness (QED) is 0.527. The van der Waals surface area contributed by atoms with Crippen LogP contribution in [0.3, 0.4) is 0 Å². The maximum absolute atomic E-state index is 6.20. The Morgan fingerprint density at radius 3 is 2.75 bits per heavy atom.